The van der Waals surface area contributed by atoms with Crippen LogP contribution in [0.2, 0.25) is 18.1 Å². The van der Waals surface area contributed by atoms with Gasteiger partial charge in [0, 0.05) is 36.1 Å². The number of rotatable bonds is 4. The van der Waals surface area contributed by atoms with Gasteiger partial charge in [-0.15, -0.1) is 0 Å². The minimum absolute atomic E-state index is 0.0362. The number of likely N-dealkylation sites (N-methyl/N-ethyl adjacent to an activating group) is 1. The molecule has 1 aliphatic rings. The first kappa shape index (κ1) is 16.7. The fourth-order valence-electron chi connectivity index (χ4n) is 4.27. The fraction of sp³-hybridized carbons (Fsp3) is 0.579. The minimum Gasteiger partial charge on any atom is -0.358 e. The molecule has 2 heterocycles. The van der Waals surface area contributed by atoms with Crippen LogP contribution in [0.1, 0.15) is 32.0 Å². The molecule has 0 atom stereocenters. The number of H-pyrrole nitrogens is 1. The quantitative estimate of drug-likeness (QED) is 0.837. The Morgan fingerprint density at radius 1 is 1.09 bits per heavy atom. The minimum atomic E-state index is -1.69. The summed E-state index contributed by atoms with van der Waals surface area (Å²) in [5.74, 6) is 0.0362. The fourth-order valence-corrected chi connectivity index (χ4v) is 7.94. The lowest BCUT2D eigenvalue weighted by Crippen LogP contribution is -2.47. The van der Waals surface area contributed by atoms with Crippen LogP contribution in [0.5, 0.6) is 0 Å². The van der Waals surface area contributed by atoms with Gasteiger partial charge in [0.05, 0.1) is 8.07 Å². The highest BCUT2D eigenvalue weighted by molar-refractivity contribution is 6.91. The van der Waals surface area contributed by atoms with Crippen molar-refractivity contribution in [2.24, 2.45) is 0 Å². The lowest BCUT2D eigenvalue weighted by atomic mass is 10.1. The Bertz CT molecular complexity index is 695. The first-order valence-electron chi connectivity index (χ1n) is 9.06. The third-order valence-electron chi connectivity index (χ3n) is 6.17. The van der Waals surface area contributed by atoms with Crippen LogP contribution in [0.25, 0.3) is 10.9 Å². The molecule has 0 aliphatic carbocycles. The summed E-state index contributed by atoms with van der Waals surface area (Å²) >= 11 is 0. The molecule has 0 amide bonds. The predicted molar refractivity (Wildman–Crippen MR) is 100.0 cm³/mol. The van der Waals surface area contributed by atoms with E-state index in [1.165, 1.54) is 11.3 Å². The molecule has 0 fully saturated rings. The monoisotopic (exact) mass is 332 g/mol. The Morgan fingerprint density at radius 2 is 1.74 bits per heavy atom. The van der Waals surface area contributed by atoms with E-state index in [0.717, 1.165) is 60.2 Å². The zero-order valence-corrected chi connectivity index (χ0v) is 15.9. The van der Waals surface area contributed by atoms with Gasteiger partial charge in [-0.2, -0.15) is 0 Å². The number of aromatic amines is 1. The van der Waals surface area contributed by atoms with Crippen molar-refractivity contribution < 1.29 is 4.39 Å². The van der Waals surface area contributed by atoms with Gasteiger partial charge in [-0.3, -0.25) is 0 Å². The van der Waals surface area contributed by atoms with E-state index in [2.05, 4.69) is 43.8 Å². The van der Waals surface area contributed by atoms with Crippen molar-refractivity contribution in [1.29, 1.82) is 0 Å². The molecule has 23 heavy (non-hydrogen) atoms. The van der Waals surface area contributed by atoms with Crippen molar-refractivity contribution >= 4 is 24.2 Å². The van der Waals surface area contributed by atoms with Crippen LogP contribution < -0.4 is 5.19 Å². The van der Waals surface area contributed by atoms with Gasteiger partial charge in [0.1, 0.15) is 5.82 Å². The molecule has 3 rings (SSSR count). The first-order chi connectivity index (χ1) is 11.0. The molecular weight excluding hydrogens is 303 g/mol. The molecule has 2 aromatic rings. The zero-order valence-electron chi connectivity index (χ0n) is 14.9. The van der Waals surface area contributed by atoms with Gasteiger partial charge in [0.15, 0.2) is 0 Å². The maximum atomic E-state index is 15.0. The zero-order chi connectivity index (χ0) is 16.6. The van der Waals surface area contributed by atoms with E-state index in [0.29, 0.717) is 0 Å². The van der Waals surface area contributed by atoms with E-state index in [9.17, 15) is 0 Å². The van der Waals surface area contributed by atoms with Crippen molar-refractivity contribution in [1.82, 2.24) is 9.88 Å². The van der Waals surface area contributed by atoms with Gasteiger partial charge in [-0.25, -0.2) is 4.39 Å². The maximum Gasteiger partial charge on any atom is 0.123 e. The Labute approximate surface area is 140 Å². The number of nitrogens with one attached hydrogen (secondary N) is 1. The summed E-state index contributed by atoms with van der Waals surface area (Å²) in [7, 11) is 0.471. The molecule has 4 heteroatoms. The van der Waals surface area contributed by atoms with Gasteiger partial charge in [-0.05, 0) is 36.4 Å². The third kappa shape index (κ3) is 2.76. The second kappa shape index (κ2) is 6.40. The Kier molecular flexibility index (Phi) is 4.65. The highest BCUT2D eigenvalue weighted by atomic mass is 28.3. The molecule has 0 spiro atoms. The predicted octanol–water partition coefficient (Wildman–Crippen LogP) is 4.05. The van der Waals surface area contributed by atoms with Crippen LogP contribution in [0.3, 0.4) is 0 Å². The molecular formula is C19H29FN2Si. The average Bonchev–Trinajstić information content (AvgIpc) is 2.78. The Balaban J connectivity index is 2.14. The van der Waals surface area contributed by atoms with Crippen molar-refractivity contribution in [3.63, 3.8) is 0 Å². The van der Waals surface area contributed by atoms with Crippen LogP contribution in [0.4, 0.5) is 4.39 Å². The molecule has 1 aliphatic heterocycles. The Hall–Kier alpha value is -1.13. The summed E-state index contributed by atoms with van der Waals surface area (Å²) in [6.07, 6.45) is 2.05. The van der Waals surface area contributed by atoms with E-state index in [1.54, 1.807) is 0 Å². The number of benzene rings is 1. The van der Waals surface area contributed by atoms with Crippen molar-refractivity contribution in [2.75, 3.05) is 20.1 Å². The lowest BCUT2D eigenvalue weighted by molar-refractivity contribution is 0.352. The number of aromatic nitrogens is 1. The van der Waals surface area contributed by atoms with E-state index in [1.807, 2.05) is 6.07 Å². The number of nitrogens with zero attached hydrogens (tertiary/aromatic N) is 1. The average molecular weight is 333 g/mol. The van der Waals surface area contributed by atoms with Crippen LogP contribution in [-0.2, 0) is 12.8 Å². The van der Waals surface area contributed by atoms with Gasteiger partial charge in [0.2, 0.25) is 0 Å². The van der Waals surface area contributed by atoms with E-state index >= 15 is 4.39 Å². The van der Waals surface area contributed by atoms with Crippen molar-refractivity contribution in [3.8, 4) is 0 Å². The summed E-state index contributed by atoms with van der Waals surface area (Å²) in [4.78, 5) is 5.97. The summed E-state index contributed by atoms with van der Waals surface area (Å²) in [6.45, 7) is 8.85. The lowest BCUT2D eigenvalue weighted by Gasteiger charge is -2.29. The molecule has 2 nitrogen and oxygen atoms in total. The summed E-state index contributed by atoms with van der Waals surface area (Å²) in [5, 5.41) is 2.15. The number of hydrogen-bond donors (Lipinski definition) is 1. The highest BCUT2D eigenvalue weighted by Gasteiger charge is 2.32. The van der Waals surface area contributed by atoms with Crippen LogP contribution in [-0.4, -0.2) is 38.1 Å². The van der Waals surface area contributed by atoms with E-state index in [4.69, 9.17) is 0 Å². The van der Waals surface area contributed by atoms with Crippen LogP contribution in [0.15, 0.2) is 12.1 Å². The van der Waals surface area contributed by atoms with Gasteiger partial charge < -0.3 is 9.88 Å². The molecule has 1 N–H and O–H groups in total. The first-order valence-corrected chi connectivity index (χ1v) is 11.7. The van der Waals surface area contributed by atoms with Crippen LogP contribution >= 0.6 is 0 Å². The van der Waals surface area contributed by atoms with E-state index < -0.39 is 8.07 Å². The topological polar surface area (TPSA) is 19.0 Å². The standard InChI is InChI=1S/C19H29FN2Si/c1-5-23(6-2,7-3)19-13-18-15(12-16(19)20)14-8-10-22(4)11-9-17(14)21-18/h12-13,21H,5-11H2,1-4H3. The number of halogens is 1. The summed E-state index contributed by atoms with van der Waals surface area (Å²) in [5.41, 5.74) is 3.81. The third-order valence-corrected chi connectivity index (χ3v) is 11.8. The molecule has 0 bridgehead atoms. The highest BCUT2D eigenvalue weighted by Crippen LogP contribution is 2.29. The summed E-state index contributed by atoms with van der Waals surface area (Å²) < 4.78 is 15.0. The largest absolute Gasteiger partial charge is 0.358 e. The van der Waals surface area contributed by atoms with Crippen molar-refractivity contribution in [3.05, 3.63) is 29.2 Å². The smallest absolute Gasteiger partial charge is 0.123 e. The molecule has 0 saturated heterocycles. The molecule has 0 unspecified atom stereocenters. The Morgan fingerprint density at radius 3 is 2.39 bits per heavy atom. The molecule has 1 aromatic carbocycles. The van der Waals surface area contributed by atoms with Crippen LogP contribution in [0, 0.1) is 5.82 Å². The molecule has 126 valence electrons. The maximum absolute atomic E-state index is 15.0. The summed E-state index contributed by atoms with van der Waals surface area (Å²) in [6, 6.07) is 7.34. The van der Waals surface area contributed by atoms with Gasteiger partial charge in [0.25, 0.3) is 0 Å². The molecule has 0 radical (unpaired) electrons. The number of fused-ring (bicyclic) bond motifs is 3. The number of hydrogen-bond acceptors (Lipinski definition) is 1. The van der Waals surface area contributed by atoms with Crippen molar-refractivity contribution in [2.45, 2.75) is 51.7 Å². The molecule has 0 saturated carbocycles. The second-order valence-corrected chi connectivity index (χ2v) is 12.3. The molecule has 1 aromatic heterocycles. The van der Waals surface area contributed by atoms with Gasteiger partial charge in [-0.1, -0.05) is 38.9 Å². The van der Waals surface area contributed by atoms with Gasteiger partial charge >= 0.3 is 0 Å². The van der Waals surface area contributed by atoms with E-state index in [-0.39, 0.29) is 5.82 Å². The second-order valence-electron chi connectivity index (χ2n) is 7.10. The normalized spacial score (nSPS) is 16.6. The SMILES string of the molecule is CC[Si](CC)(CC)c1cc2[nH]c3c(c2cc1F)CCN(C)CC3.